The maximum Gasteiger partial charge on any atom is 0.236 e. The second-order valence-electron chi connectivity index (χ2n) is 4.60. The van der Waals surface area contributed by atoms with Crippen LogP contribution in [0.5, 0.6) is 0 Å². The highest BCUT2D eigenvalue weighted by molar-refractivity contribution is 5.78. The van der Waals surface area contributed by atoms with Gasteiger partial charge in [-0.05, 0) is 12.8 Å². The zero-order valence-electron chi connectivity index (χ0n) is 10.1. The molecule has 5 heteroatoms. The molecule has 0 saturated carbocycles. The smallest absolute Gasteiger partial charge is 0.236 e. The summed E-state index contributed by atoms with van der Waals surface area (Å²) in [6.45, 7) is 5.26. The largest absolute Gasteiger partial charge is 0.379 e. The third-order valence-corrected chi connectivity index (χ3v) is 3.61. The van der Waals surface area contributed by atoms with E-state index < -0.39 is 0 Å². The fraction of sp³-hybridized carbons (Fsp3) is 0.833. The van der Waals surface area contributed by atoms with Gasteiger partial charge in [0.05, 0.1) is 19.3 Å². The number of amides is 1. The lowest BCUT2D eigenvalue weighted by atomic mass is 10.0. The number of nitrogens with zero attached hydrogens (tertiary/aromatic N) is 3. The average Bonchev–Trinajstić information content (AvgIpc) is 2.40. The van der Waals surface area contributed by atoms with E-state index in [-0.39, 0.29) is 12.3 Å². The van der Waals surface area contributed by atoms with Crippen LogP contribution in [0.1, 0.15) is 19.3 Å². The monoisotopic (exact) mass is 237 g/mol. The number of nitriles is 1. The van der Waals surface area contributed by atoms with Crippen LogP contribution in [0, 0.1) is 11.3 Å². The molecule has 5 nitrogen and oxygen atoms in total. The van der Waals surface area contributed by atoms with Gasteiger partial charge in [0.1, 0.15) is 6.42 Å². The van der Waals surface area contributed by atoms with Crippen LogP contribution in [-0.2, 0) is 9.53 Å². The Morgan fingerprint density at radius 3 is 2.47 bits per heavy atom. The van der Waals surface area contributed by atoms with Gasteiger partial charge >= 0.3 is 0 Å². The van der Waals surface area contributed by atoms with Crippen molar-refractivity contribution in [2.24, 2.45) is 0 Å². The summed E-state index contributed by atoms with van der Waals surface area (Å²) in [4.78, 5) is 15.8. The molecule has 0 N–H and O–H groups in total. The van der Waals surface area contributed by atoms with Gasteiger partial charge in [-0.1, -0.05) is 0 Å². The van der Waals surface area contributed by atoms with Gasteiger partial charge < -0.3 is 9.64 Å². The summed E-state index contributed by atoms with van der Waals surface area (Å²) < 4.78 is 5.34. The van der Waals surface area contributed by atoms with Gasteiger partial charge in [-0.15, -0.1) is 0 Å². The van der Waals surface area contributed by atoms with E-state index in [1.807, 2.05) is 11.0 Å². The fourth-order valence-electron chi connectivity index (χ4n) is 2.60. The van der Waals surface area contributed by atoms with Crippen molar-refractivity contribution in [1.29, 1.82) is 5.26 Å². The van der Waals surface area contributed by atoms with Crippen LogP contribution < -0.4 is 0 Å². The number of carbonyl (C=O) groups excluding carboxylic acids is 1. The summed E-state index contributed by atoms with van der Waals surface area (Å²) in [6.07, 6.45) is 2.07. The Morgan fingerprint density at radius 2 is 1.88 bits per heavy atom. The van der Waals surface area contributed by atoms with Crippen molar-refractivity contribution in [3.8, 4) is 6.07 Å². The van der Waals surface area contributed by atoms with Crippen LogP contribution in [-0.4, -0.2) is 61.1 Å². The van der Waals surface area contributed by atoms with Crippen molar-refractivity contribution >= 4 is 5.91 Å². The first-order chi connectivity index (χ1) is 8.31. The molecular weight excluding hydrogens is 218 g/mol. The molecule has 2 aliphatic rings. The summed E-state index contributed by atoms with van der Waals surface area (Å²) in [5, 5.41) is 8.50. The van der Waals surface area contributed by atoms with Crippen LogP contribution in [0.15, 0.2) is 0 Å². The highest BCUT2D eigenvalue weighted by Gasteiger charge is 2.27. The summed E-state index contributed by atoms with van der Waals surface area (Å²) in [7, 11) is 0. The number of rotatable bonds is 2. The van der Waals surface area contributed by atoms with Gasteiger partial charge in [-0.2, -0.15) is 5.26 Å². The minimum Gasteiger partial charge on any atom is -0.379 e. The van der Waals surface area contributed by atoms with Crippen molar-refractivity contribution in [3.05, 3.63) is 0 Å². The molecule has 0 aromatic rings. The number of likely N-dealkylation sites (tertiary alicyclic amines) is 1. The molecule has 0 bridgehead atoms. The summed E-state index contributed by atoms with van der Waals surface area (Å²) in [5.41, 5.74) is 0. The molecule has 0 radical (unpaired) electrons. The third-order valence-electron chi connectivity index (χ3n) is 3.61. The van der Waals surface area contributed by atoms with Gasteiger partial charge in [-0.3, -0.25) is 9.69 Å². The topological polar surface area (TPSA) is 56.6 Å². The second kappa shape index (κ2) is 5.99. The van der Waals surface area contributed by atoms with Crippen molar-refractivity contribution in [3.63, 3.8) is 0 Å². The van der Waals surface area contributed by atoms with E-state index in [4.69, 9.17) is 10.00 Å². The first kappa shape index (κ1) is 12.3. The van der Waals surface area contributed by atoms with E-state index in [1.165, 1.54) is 0 Å². The summed E-state index contributed by atoms with van der Waals surface area (Å²) in [5.74, 6) is -0.0204. The van der Waals surface area contributed by atoms with Gasteiger partial charge in [-0.25, -0.2) is 0 Å². The molecule has 17 heavy (non-hydrogen) atoms. The van der Waals surface area contributed by atoms with Crippen LogP contribution in [0.25, 0.3) is 0 Å². The molecule has 2 fully saturated rings. The normalized spacial score (nSPS) is 23.4. The first-order valence-corrected chi connectivity index (χ1v) is 6.28. The maximum absolute atomic E-state index is 11.6. The molecule has 0 atom stereocenters. The predicted octanol–water partition coefficient (Wildman–Crippen LogP) is 0.223. The quantitative estimate of drug-likeness (QED) is 0.689. The minimum absolute atomic E-state index is 0.0161. The number of morpholine rings is 1. The Labute approximate surface area is 102 Å². The highest BCUT2D eigenvalue weighted by atomic mass is 16.5. The zero-order chi connectivity index (χ0) is 12.1. The van der Waals surface area contributed by atoms with Crippen LogP contribution in [0.4, 0.5) is 0 Å². The molecule has 2 heterocycles. The van der Waals surface area contributed by atoms with E-state index in [0.717, 1.165) is 52.2 Å². The summed E-state index contributed by atoms with van der Waals surface area (Å²) in [6, 6.07) is 2.51. The lowest BCUT2D eigenvalue weighted by molar-refractivity contribution is -0.132. The molecular formula is C12H19N3O2. The van der Waals surface area contributed by atoms with Crippen molar-refractivity contribution in [2.75, 3.05) is 39.4 Å². The zero-order valence-corrected chi connectivity index (χ0v) is 10.1. The molecule has 2 aliphatic heterocycles. The molecule has 0 unspecified atom stereocenters. The molecule has 0 aromatic carbocycles. The standard InChI is InChI=1S/C12H19N3O2/c13-4-1-12(16)15-5-2-11(3-6-15)14-7-9-17-10-8-14/h11H,1-3,5-10H2. The molecule has 2 rings (SSSR count). The first-order valence-electron chi connectivity index (χ1n) is 6.28. The van der Waals surface area contributed by atoms with Crippen LogP contribution in [0.3, 0.4) is 0 Å². The molecule has 2 saturated heterocycles. The van der Waals surface area contributed by atoms with Crippen LogP contribution >= 0.6 is 0 Å². The van der Waals surface area contributed by atoms with Crippen molar-refractivity contribution in [2.45, 2.75) is 25.3 Å². The average molecular weight is 237 g/mol. The Morgan fingerprint density at radius 1 is 1.24 bits per heavy atom. The van der Waals surface area contributed by atoms with Gasteiger partial charge in [0.15, 0.2) is 0 Å². The van der Waals surface area contributed by atoms with E-state index in [2.05, 4.69) is 4.90 Å². The summed E-state index contributed by atoms with van der Waals surface area (Å²) >= 11 is 0. The number of hydrogen-bond acceptors (Lipinski definition) is 4. The van der Waals surface area contributed by atoms with E-state index in [0.29, 0.717) is 6.04 Å². The maximum atomic E-state index is 11.6. The van der Waals surface area contributed by atoms with E-state index in [9.17, 15) is 4.79 Å². The second-order valence-corrected chi connectivity index (χ2v) is 4.60. The predicted molar refractivity (Wildman–Crippen MR) is 62.2 cm³/mol. The number of piperidine rings is 1. The number of hydrogen-bond donors (Lipinski definition) is 0. The van der Waals surface area contributed by atoms with Crippen molar-refractivity contribution < 1.29 is 9.53 Å². The lowest BCUT2D eigenvalue weighted by Gasteiger charge is -2.39. The Balaban J connectivity index is 1.77. The van der Waals surface area contributed by atoms with Crippen LogP contribution in [0.2, 0.25) is 0 Å². The van der Waals surface area contributed by atoms with Gasteiger partial charge in [0, 0.05) is 32.2 Å². The Bertz CT molecular complexity index is 299. The Hall–Kier alpha value is -1.12. The molecule has 1 amide bonds. The SMILES string of the molecule is N#CCC(=O)N1CCC(N2CCOCC2)CC1. The highest BCUT2D eigenvalue weighted by Crippen LogP contribution is 2.18. The number of carbonyl (C=O) groups is 1. The molecule has 0 aromatic heterocycles. The molecule has 94 valence electrons. The van der Waals surface area contributed by atoms with Gasteiger partial charge in [0.25, 0.3) is 0 Å². The molecule has 0 spiro atoms. The Kier molecular flexibility index (Phi) is 4.35. The van der Waals surface area contributed by atoms with E-state index >= 15 is 0 Å². The van der Waals surface area contributed by atoms with Crippen molar-refractivity contribution in [1.82, 2.24) is 9.80 Å². The lowest BCUT2D eigenvalue weighted by Crippen LogP contribution is -2.50. The molecule has 0 aliphatic carbocycles. The fourth-order valence-corrected chi connectivity index (χ4v) is 2.60. The van der Waals surface area contributed by atoms with E-state index in [1.54, 1.807) is 0 Å². The minimum atomic E-state index is -0.0204. The third kappa shape index (κ3) is 3.18. The van der Waals surface area contributed by atoms with Gasteiger partial charge in [0.2, 0.25) is 5.91 Å². The number of ether oxygens (including phenoxy) is 1.